The maximum atomic E-state index is 12.1. The zero-order valence-electron chi connectivity index (χ0n) is 12.7. The summed E-state index contributed by atoms with van der Waals surface area (Å²) >= 11 is 0. The Morgan fingerprint density at radius 3 is 2.55 bits per heavy atom. The quantitative estimate of drug-likeness (QED) is 0.757. The van der Waals surface area contributed by atoms with Gasteiger partial charge >= 0.3 is 5.97 Å². The summed E-state index contributed by atoms with van der Waals surface area (Å²) in [5.74, 6) is -0.178. The third-order valence-electron chi connectivity index (χ3n) is 3.68. The SMILES string of the molecule is CC1=C(C(=O)Nc2ccc(OCCCC(=O)O)cc2)CCC1. The molecule has 5 nitrogen and oxygen atoms in total. The lowest BCUT2D eigenvalue weighted by Crippen LogP contribution is -2.14. The summed E-state index contributed by atoms with van der Waals surface area (Å²) in [5, 5.41) is 11.4. The number of aliphatic carboxylic acids is 1. The van der Waals surface area contributed by atoms with Crippen molar-refractivity contribution in [3.8, 4) is 5.75 Å². The molecule has 2 rings (SSSR count). The molecule has 118 valence electrons. The van der Waals surface area contributed by atoms with Crippen LogP contribution in [0.5, 0.6) is 5.75 Å². The molecule has 1 aromatic rings. The number of carboxylic acids is 1. The van der Waals surface area contributed by atoms with E-state index in [9.17, 15) is 9.59 Å². The second-order valence-corrected chi connectivity index (χ2v) is 5.44. The van der Waals surface area contributed by atoms with Gasteiger partial charge in [0.05, 0.1) is 6.61 Å². The van der Waals surface area contributed by atoms with Crippen LogP contribution in [0, 0.1) is 0 Å². The summed E-state index contributed by atoms with van der Waals surface area (Å²) in [6.07, 6.45) is 3.48. The molecule has 0 unspecified atom stereocenters. The summed E-state index contributed by atoms with van der Waals surface area (Å²) in [7, 11) is 0. The van der Waals surface area contributed by atoms with E-state index in [2.05, 4.69) is 5.32 Å². The molecule has 0 fully saturated rings. The Hall–Kier alpha value is -2.30. The van der Waals surface area contributed by atoms with Crippen molar-refractivity contribution in [3.05, 3.63) is 35.4 Å². The molecule has 1 amide bonds. The van der Waals surface area contributed by atoms with Gasteiger partial charge in [0.1, 0.15) is 5.75 Å². The average Bonchev–Trinajstić information content (AvgIpc) is 2.91. The number of carbonyl (C=O) groups is 2. The van der Waals surface area contributed by atoms with Gasteiger partial charge in [-0.3, -0.25) is 9.59 Å². The molecule has 1 aliphatic carbocycles. The zero-order chi connectivity index (χ0) is 15.9. The van der Waals surface area contributed by atoms with Crippen LogP contribution in [0.3, 0.4) is 0 Å². The first-order valence-corrected chi connectivity index (χ1v) is 7.51. The molecule has 0 saturated carbocycles. The summed E-state index contributed by atoms with van der Waals surface area (Å²) in [4.78, 5) is 22.5. The summed E-state index contributed by atoms with van der Waals surface area (Å²) < 4.78 is 5.45. The van der Waals surface area contributed by atoms with Crippen LogP contribution in [0.25, 0.3) is 0 Å². The molecule has 22 heavy (non-hydrogen) atoms. The first kappa shape index (κ1) is 16.1. The number of anilines is 1. The van der Waals surface area contributed by atoms with E-state index in [0.717, 1.165) is 30.5 Å². The molecule has 0 radical (unpaired) electrons. The van der Waals surface area contributed by atoms with Crippen molar-refractivity contribution in [2.24, 2.45) is 0 Å². The monoisotopic (exact) mass is 303 g/mol. The molecule has 0 atom stereocenters. The Morgan fingerprint density at radius 2 is 1.95 bits per heavy atom. The summed E-state index contributed by atoms with van der Waals surface area (Å²) in [6, 6.07) is 7.11. The van der Waals surface area contributed by atoms with E-state index in [1.54, 1.807) is 24.3 Å². The highest BCUT2D eigenvalue weighted by Gasteiger charge is 2.17. The maximum Gasteiger partial charge on any atom is 0.303 e. The fourth-order valence-electron chi connectivity index (χ4n) is 2.46. The lowest BCUT2D eigenvalue weighted by Gasteiger charge is -2.09. The van der Waals surface area contributed by atoms with Crippen molar-refractivity contribution in [3.63, 3.8) is 0 Å². The molecule has 1 aliphatic rings. The molecular weight excluding hydrogens is 282 g/mol. The minimum Gasteiger partial charge on any atom is -0.494 e. The van der Waals surface area contributed by atoms with Crippen molar-refractivity contribution < 1.29 is 19.4 Å². The minimum absolute atomic E-state index is 0.0230. The van der Waals surface area contributed by atoms with Crippen LogP contribution in [-0.2, 0) is 9.59 Å². The van der Waals surface area contributed by atoms with Gasteiger partial charge in [0.2, 0.25) is 0 Å². The number of carbonyl (C=O) groups excluding carboxylic acids is 1. The number of hydrogen-bond acceptors (Lipinski definition) is 3. The topological polar surface area (TPSA) is 75.6 Å². The molecule has 0 bridgehead atoms. The van der Waals surface area contributed by atoms with Crippen molar-refractivity contribution >= 4 is 17.6 Å². The number of rotatable bonds is 7. The fourth-order valence-corrected chi connectivity index (χ4v) is 2.46. The van der Waals surface area contributed by atoms with Crippen LogP contribution in [-0.4, -0.2) is 23.6 Å². The van der Waals surface area contributed by atoms with Crippen LogP contribution in [0.15, 0.2) is 35.4 Å². The number of ether oxygens (including phenoxy) is 1. The van der Waals surface area contributed by atoms with Crippen LogP contribution in [0.1, 0.15) is 39.0 Å². The van der Waals surface area contributed by atoms with Gasteiger partial charge in [-0.25, -0.2) is 0 Å². The fraction of sp³-hybridized carbons (Fsp3) is 0.412. The second kappa shape index (κ2) is 7.64. The van der Waals surface area contributed by atoms with Crippen LogP contribution >= 0.6 is 0 Å². The van der Waals surface area contributed by atoms with Crippen molar-refractivity contribution in [2.75, 3.05) is 11.9 Å². The highest BCUT2D eigenvalue weighted by molar-refractivity contribution is 6.04. The summed E-state index contributed by atoms with van der Waals surface area (Å²) in [5.41, 5.74) is 2.81. The standard InChI is InChI=1S/C17H21NO4/c1-12-4-2-5-15(12)17(21)18-13-7-9-14(10-8-13)22-11-3-6-16(19)20/h7-10H,2-6,11H2,1H3,(H,18,21)(H,19,20). The Morgan fingerprint density at radius 1 is 1.23 bits per heavy atom. The number of amides is 1. The minimum atomic E-state index is -0.821. The first-order chi connectivity index (χ1) is 10.6. The molecule has 5 heteroatoms. The van der Waals surface area contributed by atoms with E-state index in [0.29, 0.717) is 18.8 Å². The average molecular weight is 303 g/mol. The lowest BCUT2D eigenvalue weighted by molar-refractivity contribution is -0.137. The number of nitrogens with one attached hydrogen (secondary N) is 1. The molecule has 0 aliphatic heterocycles. The third kappa shape index (κ3) is 4.62. The largest absolute Gasteiger partial charge is 0.494 e. The van der Waals surface area contributed by atoms with Gasteiger partial charge < -0.3 is 15.2 Å². The van der Waals surface area contributed by atoms with Crippen molar-refractivity contribution in [1.82, 2.24) is 0 Å². The predicted octanol–water partition coefficient (Wildman–Crippen LogP) is 3.37. The Labute approximate surface area is 130 Å². The summed E-state index contributed by atoms with van der Waals surface area (Å²) in [6.45, 7) is 2.38. The molecule has 0 heterocycles. The molecule has 0 saturated heterocycles. The van der Waals surface area contributed by atoms with Gasteiger partial charge in [-0.2, -0.15) is 0 Å². The van der Waals surface area contributed by atoms with Gasteiger partial charge in [0.15, 0.2) is 0 Å². The first-order valence-electron chi connectivity index (χ1n) is 7.51. The van der Waals surface area contributed by atoms with Crippen molar-refractivity contribution in [2.45, 2.75) is 39.0 Å². The van der Waals surface area contributed by atoms with Crippen LogP contribution < -0.4 is 10.1 Å². The molecule has 0 spiro atoms. The second-order valence-electron chi connectivity index (χ2n) is 5.44. The maximum absolute atomic E-state index is 12.1. The van der Waals surface area contributed by atoms with E-state index >= 15 is 0 Å². The van der Waals surface area contributed by atoms with E-state index in [-0.39, 0.29) is 12.3 Å². The Balaban J connectivity index is 1.83. The molecular formula is C17H21NO4. The molecule has 0 aromatic heterocycles. The van der Waals surface area contributed by atoms with Crippen molar-refractivity contribution in [1.29, 1.82) is 0 Å². The van der Waals surface area contributed by atoms with Crippen LogP contribution in [0.4, 0.5) is 5.69 Å². The van der Waals surface area contributed by atoms with Gasteiger partial charge in [0.25, 0.3) is 5.91 Å². The van der Waals surface area contributed by atoms with E-state index in [1.807, 2.05) is 6.92 Å². The Kier molecular flexibility index (Phi) is 5.58. The predicted molar refractivity (Wildman–Crippen MR) is 84.0 cm³/mol. The van der Waals surface area contributed by atoms with E-state index in [4.69, 9.17) is 9.84 Å². The number of allylic oxidation sites excluding steroid dienone is 1. The van der Waals surface area contributed by atoms with E-state index < -0.39 is 5.97 Å². The number of benzene rings is 1. The highest BCUT2D eigenvalue weighted by atomic mass is 16.5. The smallest absolute Gasteiger partial charge is 0.303 e. The van der Waals surface area contributed by atoms with E-state index in [1.165, 1.54) is 5.57 Å². The van der Waals surface area contributed by atoms with Crippen LogP contribution in [0.2, 0.25) is 0 Å². The molecule has 1 aromatic carbocycles. The number of hydrogen-bond donors (Lipinski definition) is 2. The highest BCUT2D eigenvalue weighted by Crippen LogP contribution is 2.26. The third-order valence-corrected chi connectivity index (χ3v) is 3.68. The number of carboxylic acid groups (broad SMARTS) is 1. The molecule has 2 N–H and O–H groups in total. The normalized spacial score (nSPS) is 14.0. The zero-order valence-corrected chi connectivity index (χ0v) is 12.7. The van der Waals surface area contributed by atoms with Gasteiger partial charge in [0, 0.05) is 17.7 Å². The van der Waals surface area contributed by atoms with Gasteiger partial charge in [-0.1, -0.05) is 5.57 Å². The Bertz CT molecular complexity index is 575. The van der Waals surface area contributed by atoms with Gasteiger partial charge in [-0.15, -0.1) is 0 Å². The van der Waals surface area contributed by atoms with Gasteiger partial charge in [-0.05, 0) is 56.9 Å². The lowest BCUT2D eigenvalue weighted by atomic mass is 10.1.